The quantitative estimate of drug-likeness (QED) is 0.907. The lowest BCUT2D eigenvalue weighted by Gasteiger charge is -2.40. The molecule has 2 rings (SSSR count). The van der Waals surface area contributed by atoms with Crippen molar-refractivity contribution < 1.29 is 13.2 Å². The Morgan fingerprint density at radius 1 is 1.19 bits per heavy atom. The van der Waals surface area contributed by atoms with E-state index in [0.717, 1.165) is 18.9 Å². The largest absolute Gasteiger partial charge is 0.377 e. The van der Waals surface area contributed by atoms with Gasteiger partial charge in [0.15, 0.2) is 0 Å². The second kappa shape index (κ2) is 6.66. The number of nitrogens with zero attached hydrogens (tertiary/aromatic N) is 1. The van der Waals surface area contributed by atoms with Crippen LogP contribution in [0.3, 0.4) is 0 Å². The van der Waals surface area contributed by atoms with E-state index in [4.69, 9.17) is 4.74 Å². The van der Waals surface area contributed by atoms with E-state index in [1.807, 2.05) is 31.2 Å². The van der Waals surface area contributed by atoms with Crippen molar-refractivity contribution in [3.63, 3.8) is 0 Å². The standard InChI is InChI=1S/C15H24N2O3S/c1-4-9-21(18,19)16-14-5-7-15(8-6-14)17-12(2)10-20-11-13(17)3/h5-8,12-13,16H,4,9-11H2,1-3H3. The third kappa shape index (κ3) is 4.11. The van der Waals surface area contributed by atoms with Gasteiger partial charge >= 0.3 is 0 Å². The van der Waals surface area contributed by atoms with E-state index in [2.05, 4.69) is 23.5 Å². The Morgan fingerprint density at radius 2 is 1.76 bits per heavy atom. The van der Waals surface area contributed by atoms with Crippen LogP contribution in [-0.2, 0) is 14.8 Å². The molecule has 1 aromatic rings. The highest BCUT2D eigenvalue weighted by Crippen LogP contribution is 2.25. The first-order chi connectivity index (χ1) is 9.93. The van der Waals surface area contributed by atoms with Gasteiger partial charge in [0.2, 0.25) is 10.0 Å². The van der Waals surface area contributed by atoms with Crippen molar-refractivity contribution in [2.45, 2.75) is 39.3 Å². The van der Waals surface area contributed by atoms with Gasteiger partial charge in [-0.05, 0) is 44.5 Å². The van der Waals surface area contributed by atoms with Crippen molar-refractivity contribution >= 4 is 21.4 Å². The lowest BCUT2D eigenvalue weighted by Crippen LogP contribution is -2.49. The number of anilines is 2. The minimum absolute atomic E-state index is 0.145. The number of rotatable bonds is 5. The van der Waals surface area contributed by atoms with Crippen LogP contribution in [0.15, 0.2) is 24.3 Å². The zero-order valence-corrected chi connectivity index (χ0v) is 13.7. The van der Waals surface area contributed by atoms with Crippen LogP contribution >= 0.6 is 0 Å². The minimum atomic E-state index is -3.23. The highest BCUT2D eigenvalue weighted by Gasteiger charge is 2.25. The summed E-state index contributed by atoms with van der Waals surface area (Å²) >= 11 is 0. The van der Waals surface area contributed by atoms with Crippen LogP contribution in [0.4, 0.5) is 11.4 Å². The number of morpholine rings is 1. The average molecular weight is 312 g/mol. The van der Waals surface area contributed by atoms with Gasteiger partial charge in [0.05, 0.1) is 19.0 Å². The summed E-state index contributed by atoms with van der Waals surface area (Å²) in [4.78, 5) is 2.31. The summed E-state index contributed by atoms with van der Waals surface area (Å²) < 4.78 is 31.6. The van der Waals surface area contributed by atoms with Gasteiger partial charge in [0.1, 0.15) is 0 Å². The van der Waals surface area contributed by atoms with Gasteiger partial charge in [0, 0.05) is 23.5 Å². The SMILES string of the molecule is CCCS(=O)(=O)Nc1ccc(N2C(C)COCC2C)cc1. The second-order valence-corrected chi connectivity index (χ2v) is 7.45. The maximum Gasteiger partial charge on any atom is 0.232 e. The molecule has 1 saturated heterocycles. The van der Waals surface area contributed by atoms with Crippen LogP contribution < -0.4 is 9.62 Å². The highest BCUT2D eigenvalue weighted by molar-refractivity contribution is 7.92. The summed E-state index contributed by atoms with van der Waals surface area (Å²) in [5.41, 5.74) is 1.71. The highest BCUT2D eigenvalue weighted by atomic mass is 32.2. The molecule has 0 amide bonds. The van der Waals surface area contributed by atoms with Crippen molar-refractivity contribution in [1.29, 1.82) is 0 Å². The van der Waals surface area contributed by atoms with E-state index in [1.165, 1.54) is 0 Å². The molecule has 1 heterocycles. The second-order valence-electron chi connectivity index (χ2n) is 5.61. The third-order valence-corrected chi connectivity index (χ3v) is 5.07. The van der Waals surface area contributed by atoms with E-state index in [1.54, 1.807) is 0 Å². The van der Waals surface area contributed by atoms with Gasteiger partial charge in [-0.25, -0.2) is 8.42 Å². The maximum absolute atomic E-state index is 11.8. The molecule has 0 spiro atoms. The van der Waals surface area contributed by atoms with Crippen molar-refractivity contribution in [2.24, 2.45) is 0 Å². The van der Waals surface area contributed by atoms with E-state index < -0.39 is 10.0 Å². The van der Waals surface area contributed by atoms with Gasteiger partial charge in [-0.15, -0.1) is 0 Å². The molecule has 1 aliphatic rings. The smallest absolute Gasteiger partial charge is 0.232 e. The maximum atomic E-state index is 11.8. The van der Waals surface area contributed by atoms with E-state index in [-0.39, 0.29) is 5.75 Å². The molecule has 0 saturated carbocycles. The molecule has 0 aromatic heterocycles. The first-order valence-electron chi connectivity index (χ1n) is 7.39. The molecule has 118 valence electrons. The Bertz CT molecular complexity index is 547. The number of benzene rings is 1. The van der Waals surface area contributed by atoms with Crippen LogP contribution in [0, 0.1) is 0 Å². The van der Waals surface area contributed by atoms with Crippen LogP contribution in [0.2, 0.25) is 0 Å². The predicted molar refractivity (Wildman–Crippen MR) is 86.4 cm³/mol. The number of hydrogen-bond donors (Lipinski definition) is 1. The Balaban J connectivity index is 2.11. The number of nitrogens with one attached hydrogen (secondary N) is 1. The summed E-state index contributed by atoms with van der Waals surface area (Å²) in [5, 5.41) is 0. The molecule has 0 bridgehead atoms. The Hall–Kier alpha value is -1.27. The summed E-state index contributed by atoms with van der Waals surface area (Å²) in [6.07, 6.45) is 0.607. The molecule has 2 atom stereocenters. The fourth-order valence-electron chi connectivity index (χ4n) is 2.71. The number of ether oxygens (including phenoxy) is 1. The minimum Gasteiger partial charge on any atom is -0.377 e. The molecular formula is C15H24N2O3S. The molecule has 2 unspecified atom stereocenters. The Kier molecular flexibility index (Phi) is 5.11. The summed E-state index contributed by atoms with van der Waals surface area (Å²) in [5.74, 6) is 0.145. The zero-order chi connectivity index (χ0) is 15.5. The van der Waals surface area contributed by atoms with Crippen molar-refractivity contribution in [2.75, 3.05) is 28.6 Å². The summed E-state index contributed by atoms with van der Waals surface area (Å²) in [6, 6.07) is 8.19. The Labute approximate surface area is 127 Å². The topological polar surface area (TPSA) is 58.6 Å². The predicted octanol–water partition coefficient (Wildman–Crippen LogP) is 2.45. The fraction of sp³-hybridized carbons (Fsp3) is 0.600. The van der Waals surface area contributed by atoms with Crippen LogP contribution in [0.5, 0.6) is 0 Å². The summed E-state index contributed by atoms with van der Waals surface area (Å²) in [7, 11) is -3.23. The first kappa shape index (κ1) is 16.1. The molecule has 0 radical (unpaired) electrons. The molecule has 0 aliphatic carbocycles. The van der Waals surface area contributed by atoms with E-state index >= 15 is 0 Å². The van der Waals surface area contributed by atoms with Crippen molar-refractivity contribution in [1.82, 2.24) is 0 Å². The lowest BCUT2D eigenvalue weighted by atomic mass is 10.1. The van der Waals surface area contributed by atoms with Gasteiger partial charge in [-0.1, -0.05) is 6.92 Å². The summed E-state index contributed by atoms with van der Waals surface area (Å²) in [6.45, 7) is 7.55. The van der Waals surface area contributed by atoms with Gasteiger partial charge < -0.3 is 9.64 Å². The average Bonchev–Trinajstić information content (AvgIpc) is 2.40. The third-order valence-electron chi connectivity index (χ3n) is 3.58. The van der Waals surface area contributed by atoms with E-state index in [0.29, 0.717) is 24.2 Å². The molecule has 5 nitrogen and oxygen atoms in total. The first-order valence-corrected chi connectivity index (χ1v) is 9.05. The molecule has 1 aromatic carbocycles. The van der Waals surface area contributed by atoms with Crippen LogP contribution in [-0.4, -0.2) is 39.5 Å². The zero-order valence-electron chi connectivity index (χ0n) is 12.9. The van der Waals surface area contributed by atoms with Gasteiger partial charge in [0.25, 0.3) is 0 Å². The normalized spacial score (nSPS) is 23.1. The Morgan fingerprint density at radius 3 is 2.29 bits per heavy atom. The molecule has 1 N–H and O–H groups in total. The number of hydrogen-bond acceptors (Lipinski definition) is 4. The van der Waals surface area contributed by atoms with Crippen LogP contribution in [0.1, 0.15) is 27.2 Å². The fourth-order valence-corrected chi connectivity index (χ4v) is 3.85. The molecular weight excluding hydrogens is 288 g/mol. The van der Waals surface area contributed by atoms with Gasteiger partial charge in [-0.2, -0.15) is 0 Å². The van der Waals surface area contributed by atoms with Crippen molar-refractivity contribution in [3.05, 3.63) is 24.3 Å². The van der Waals surface area contributed by atoms with Crippen LogP contribution in [0.25, 0.3) is 0 Å². The van der Waals surface area contributed by atoms with Crippen molar-refractivity contribution in [3.8, 4) is 0 Å². The molecule has 6 heteroatoms. The van der Waals surface area contributed by atoms with E-state index in [9.17, 15) is 8.42 Å². The van der Waals surface area contributed by atoms with Gasteiger partial charge in [-0.3, -0.25) is 4.72 Å². The lowest BCUT2D eigenvalue weighted by molar-refractivity contribution is 0.0757. The molecule has 1 aliphatic heterocycles. The number of sulfonamides is 1. The molecule has 21 heavy (non-hydrogen) atoms. The monoisotopic (exact) mass is 312 g/mol. The molecule has 1 fully saturated rings.